The van der Waals surface area contributed by atoms with Crippen LogP contribution in [0.1, 0.15) is 12.8 Å². The Kier molecular flexibility index (Phi) is 4.46. The summed E-state index contributed by atoms with van der Waals surface area (Å²) in [5.74, 6) is 0.192. The van der Waals surface area contributed by atoms with Gasteiger partial charge in [0.1, 0.15) is 0 Å². The van der Waals surface area contributed by atoms with Gasteiger partial charge >= 0.3 is 0 Å². The van der Waals surface area contributed by atoms with Gasteiger partial charge < -0.3 is 10.2 Å². The first-order valence-electron chi connectivity index (χ1n) is 4.66. The van der Waals surface area contributed by atoms with Gasteiger partial charge in [0.25, 0.3) is 0 Å². The largest absolute Gasteiger partial charge is 0.384 e. The third kappa shape index (κ3) is 3.79. The number of anilines is 1. The number of nitrogens with zero attached hydrogens (tertiary/aromatic N) is 1. The molecule has 0 bridgehead atoms. The van der Waals surface area contributed by atoms with Gasteiger partial charge in [-0.1, -0.05) is 0 Å². The number of carbonyl (C=O) groups is 1. The van der Waals surface area contributed by atoms with Crippen LogP contribution in [-0.2, 0) is 4.79 Å². The second-order valence-electron chi connectivity index (χ2n) is 3.33. The van der Waals surface area contributed by atoms with E-state index >= 15 is 0 Å². The summed E-state index contributed by atoms with van der Waals surface area (Å²) in [4.78, 5) is 12.8. The topological polar surface area (TPSA) is 32.3 Å². The van der Waals surface area contributed by atoms with Gasteiger partial charge in [0, 0.05) is 38.1 Å². The first-order chi connectivity index (χ1) is 6.70. The van der Waals surface area contributed by atoms with Gasteiger partial charge in [0.15, 0.2) is 0 Å². The molecule has 1 amide bonds. The highest BCUT2D eigenvalue weighted by Crippen LogP contribution is 2.11. The van der Waals surface area contributed by atoms with Crippen LogP contribution in [-0.4, -0.2) is 31.4 Å². The van der Waals surface area contributed by atoms with Gasteiger partial charge in [0.2, 0.25) is 5.91 Å². The Labute approximate surface area is 88.7 Å². The Hall–Kier alpha value is -1.03. The Morgan fingerprint density at radius 1 is 1.57 bits per heavy atom. The van der Waals surface area contributed by atoms with Crippen LogP contribution in [0.5, 0.6) is 0 Å². The summed E-state index contributed by atoms with van der Waals surface area (Å²) >= 11 is 1.67. The summed E-state index contributed by atoms with van der Waals surface area (Å²) in [6.07, 6.45) is 1.50. The molecule has 78 valence electrons. The number of rotatable bonds is 5. The van der Waals surface area contributed by atoms with Crippen molar-refractivity contribution >= 4 is 22.9 Å². The number of carbonyl (C=O) groups excluding carboxylic acids is 1. The first-order valence-corrected chi connectivity index (χ1v) is 5.60. The van der Waals surface area contributed by atoms with Crippen molar-refractivity contribution in [2.75, 3.05) is 26.0 Å². The van der Waals surface area contributed by atoms with Crippen LogP contribution in [0.2, 0.25) is 0 Å². The normalized spacial score (nSPS) is 9.86. The minimum absolute atomic E-state index is 0.192. The molecule has 4 heteroatoms. The fraction of sp³-hybridized carbons (Fsp3) is 0.500. The summed E-state index contributed by atoms with van der Waals surface area (Å²) in [6, 6.07) is 2.04. The maximum atomic E-state index is 11.2. The van der Waals surface area contributed by atoms with E-state index in [0.29, 0.717) is 6.42 Å². The van der Waals surface area contributed by atoms with Crippen molar-refractivity contribution in [2.24, 2.45) is 0 Å². The average Bonchev–Trinajstić information content (AvgIpc) is 2.64. The Morgan fingerprint density at radius 3 is 2.93 bits per heavy atom. The zero-order chi connectivity index (χ0) is 10.4. The first kappa shape index (κ1) is 11.0. The monoisotopic (exact) mass is 212 g/mol. The molecule has 0 aliphatic rings. The smallest absolute Gasteiger partial charge is 0.222 e. The van der Waals surface area contributed by atoms with Crippen LogP contribution in [0.15, 0.2) is 16.8 Å². The molecular formula is C10H16N2OS. The second-order valence-corrected chi connectivity index (χ2v) is 4.11. The van der Waals surface area contributed by atoms with E-state index in [-0.39, 0.29) is 5.91 Å². The van der Waals surface area contributed by atoms with Crippen LogP contribution in [0, 0.1) is 0 Å². The van der Waals surface area contributed by atoms with Crippen molar-refractivity contribution in [3.8, 4) is 0 Å². The molecule has 1 aromatic rings. The Bertz CT molecular complexity index is 270. The van der Waals surface area contributed by atoms with Crippen LogP contribution in [0.25, 0.3) is 0 Å². The van der Waals surface area contributed by atoms with Crippen molar-refractivity contribution in [1.29, 1.82) is 0 Å². The lowest BCUT2D eigenvalue weighted by Gasteiger charge is -2.09. The van der Waals surface area contributed by atoms with E-state index in [0.717, 1.165) is 18.7 Å². The Balaban J connectivity index is 2.08. The van der Waals surface area contributed by atoms with Crippen molar-refractivity contribution < 1.29 is 4.79 Å². The van der Waals surface area contributed by atoms with Gasteiger partial charge in [-0.05, 0) is 17.9 Å². The number of thiophene rings is 1. The highest BCUT2D eigenvalue weighted by molar-refractivity contribution is 7.08. The van der Waals surface area contributed by atoms with Crippen LogP contribution >= 0.6 is 11.3 Å². The number of hydrogen-bond donors (Lipinski definition) is 1. The predicted molar refractivity (Wildman–Crippen MR) is 60.7 cm³/mol. The predicted octanol–water partition coefficient (Wildman–Crippen LogP) is 2.03. The van der Waals surface area contributed by atoms with E-state index in [1.807, 2.05) is 11.4 Å². The lowest BCUT2D eigenvalue weighted by molar-refractivity contribution is -0.128. The SMILES string of the molecule is CN(C)C(=O)CCCNc1ccsc1. The summed E-state index contributed by atoms with van der Waals surface area (Å²) in [5, 5.41) is 7.36. The standard InChI is InChI=1S/C10H16N2OS/c1-12(2)10(13)4-3-6-11-9-5-7-14-8-9/h5,7-8,11H,3-4,6H2,1-2H3. The van der Waals surface area contributed by atoms with Crippen molar-refractivity contribution in [1.82, 2.24) is 4.90 Å². The highest BCUT2D eigenvalue weighted by Gasteiger charge is 2.02. The molecule has 0 aliphatic heterocycles. The van der Waals surface area contributed by atoms with Gasteiger partial charge in [0.05, 0.1) is 0 Å². The number of hydrogen-bond acceptors (Lipinski definition) is 3. The number of amides is 1. The molecule has 1 aromatic heterocycles. The van der Waals surface area contributed by atoms with E-state index in [1.54, 1.807) is 30.3 Å². The maximum absolute atomic E-state index is 11.2. The second kappa shape index (κ2) is 5.65. The summed E-state index contributed by atoms with van der Waals surface area (Å²) in [6.45, 7) is 0.857. The van der Waals surface area contributed by atoms with Gasteiger partial charge in [-0.25, -0.2) is 0 Å². The van der Waals surface area contributed by atoms with Crippen LogP contribution in [0.3, 0.4) is 0 Å². The minimum atomic E-state index is 0.192. The van der Waals surface area contributed by atoms with E-state index in [9.17, 15) is 4.79 Å². The molecule has 0 radical (unpaired) electrons. The van der Waals surface area contributed by atoms with Crippen LogP contribution < -0.4 is 5.32 Å². The third-order valence-corrected chi connectivity index (χ3v) is 2.60. The van der Waals surface area contributed by atoms with Gasteiger partial charge in [-0.15, -0.1) is 0 Å². The fourth-order valence-electron chi connectivity index (χ4n) is 1.06. The summed E-state index contributed by atoms with van der Waals surface area (Å²) < 4.78 is 0. The average molecular weight is 212 g/mol. The van der Waals surface area contributed by atoms with E-state index in [1.165, 1.54) is 0 Å². The lowest BCUT2D eigenvalue weighted by atomic mass is 10.3. The summed E-state index contributed by atoms with van der Waals surface area (Å²) in [5.41, 5.74) is 1.15. The van der Waals surface area contributed by atoms with Crippen LogP contribution in [0.4, 0.5) is 5.69 Å². The minimum Gasteiger partial charge on any atom is -0.384 e. The molecule has 3 nitrogen and oxygen atoms in total. The molecule has 0 unspecified atom stereocenters. The molecule has 0 spiro atoms. The van der Waals surface area contributed by atoms with Crippen molar-refractivity contribution in [3.63, 3.8) is 0 Å². The van der Waals surface area contributed by atoms with Gasteiger partial charge in [-0.2, -0.15) is 11.3 Å². The zero-order valence-electron chi connectivity index (χ0n) is 8.62. The van der Waals surface area contributed by atoms with Crippen molar-refractivity contribution in [2.45, 2.75) is 12.8 Å². The zero-order valence-corrected chi connectivity index (χ0v) is 9.43. The molecule has 1 rings (SSSR count). The lowest BCUT2D eigenvalue weighted by Crippen LogP contribution is -2.21. The highest BCUT2D eigenvalue weighted by atomic mass is 32.1. The molecule has 0 aliphatic carbocycles. The molecule has 0 fully saturated rings. The molecule has 1 heterocycles. The Morgan fingerprint density at radius 2 is 2.36 bits per heavy atom. The molecular weight excluding hydrogens is 196 g/mol. The van der Waals surface area contributed by atoms with Crippen molar-refractivity contribution in [3.05, 3.63) is 16.8 Å². The summed E-state index contributed by atoms with van der Waals surface area (Å²) in [7, 11) is 3.57. The van der Waals surface area contributed by atoms with E-state index < -0.39 is 0 Å². The molecule has 1 N–H and O–H groups in total. The third-order valence-electron chi connectivity index (χ3n) is 1.92. The van der Waals surface area contributed by atoms with E-state index in [4.69, 9.17) is 0 Å². The van der Waals surface area contributed by atoms with E-state index in [2.05, 4.69) is 10.7 Å². The molecule has 0 saturated heterocycles. The molecule has 14 heavy (non-hydrogen) atoms. The quantitative estimate of drug-likeness (QED) is 0.757. The number of nitrogens with one attached hydrogen (secondary N) is 1. The molecule has 0 atom stereocenters. The fourth-order valence-corrected chi connectivity index (χ4v) is 1.67. The molecule has 0 saturated carbocycles. The van der Waals surface area contributed by atoms with Gasteiger partial charge in [-0.3, -0.25) is 4.79 Å². The molecule has 0 aromatic carbocycles. The maximum Gasteiger partial charge on any atom is 0.222 e.